The molecule has 0 atom stereocenters. The van der Waals surface area contributed by atoms with Crippen LogP contribution in [0.1, 0.15) is 10.4 Å². The Bertz CT molecular complexity index is 1210. The molecule has 1 amide bonds. The average molecular weight is 482 g/mol. The van der Waals surface area contributed by atoms with E-state index in [0.29, 0.717) is 29.6 Å². The Hall–Kier alpha value is -2.50. The molecule has 1 aromatic heterocycles. The smallest absolute Gasteiger partial charge is 0.257 e. The number of sulfonamides is 1. The number of nitrogens with zero attached hydrogens (tertiary/aromatic N) is 4. The number of carbonyl (C=O) groups excluding carboxylic acids is 1. The summed E-state index contributed by atoms with van der Waals surface area (Å²) < 4.78 is 33.8. The van der Waals surface area contributed by atoms with Crippen LogP contribution in [0.4, 0.5) is 5.69 Å². The number of aromatic nitrogens is 3. The molecule has 1 N–H and O–H groups in total. The zero-order valence-corrected chi connectivity index (χ0v) is 18.4. The maximum Gasteiger partial charge on any atom is 0.257 e. The van der Waals surface area contributed by atoms with Gasteiger partial charge in [0.1, 0.15) is 18.3 Å². The van der Waals surface area contributed by atoms with Gasteiger partial charge in [-0.3, -0.25) is 4.79 Å². The Labute approximate surface area is 188 Å². The largest absolute Gasteiger partial charge is 0.379 e. The van der Waals surface area contributed by atoms with Gasteiger partial charge < -0.3 is 10.1 Å². The summed E-state index contributed by atoms with van der Waals surface area (Å²) in [5.41, 5.74) is 0.796. The van der Waals surface area contributed by atoms with Gasteiger partial charge in [-0.1, -0.05) is 29.3 Å². The van der Waals surface area contributed by atoms with Crippen molar-refractivity contribution in [1.82, 2.24) is 19.1 Å². The van der Waals surface area contributed by atoms with Gasteiger partial charge in [0.2, 0.25) is 10.0 Å². The summed E-state index contributed by atoms with van der Waals surface area (Å²) in [4.78, 5) is 16.9. The molecule has 1 aliphatic heterocycles. The van der Waals surface area contributed by atoms with E-state index in [0.717, 1.165) is 0 Å². The van der Waals surface area contributed by atoms with Gasteiger partial charge >= 0.3 is 0 Å². The second-order valence-corrected chi connectivity index (χ2v) is 9.34. The van der Waals surface area contributed by atoms with E-state index in [4.69, 9.17) is 27.9 Å². The summed E-state index contributed by atoms with van der Waals surface area (Å²) in [5, 5.41) is 7.24. The van der Waals surface area contributed by atoms with Crippen molar-refractivity contribution in [2.45, 2.75) is 4.90 Å². The monoisotopic (exact) mass is 481 g/mol. The first kappa shape index (κ1) is 21.7. The quantitative estimate of drug-likeness (QED) is 0.600. The van der Waals surface area contributed by atoms with E-state index in [1.54, 1.807) is 18.2 Å². The van der Waals surface area contributed by atoms with Crippen LogP contribution in [0.25, 0.3) is 5.69 Å². The molecule has 0 radical (unpaired) electrons. The van der Waals surface area contributed by atoms with Crippen LogP contribution in [0.5, 0.6) is 0 Å². The van der Waals surface area contributed by atoms with Gasteiger partial charge in [-0.25, -0.2) is 18.1 Å². The van der Waals surface area contributed by atoms with Crippen molar-refractivity contribution in [3.05, 3.63) is 64.7 Å². The number of nitrogens with one attached hydrogen (secondary N) is 1. The minimum absolute atomic E-state index is 0.0144. The molecule has 31 heavy (non-hydrogen) atoms. The third kappa shape index (κ3) is 4.43. The molecule has 1 fully saturated rings. The van der Waals surface area contributed by atoms with Gasteiger partial charge in [0.25, 0.3) is 5.91 Å². The fraction of sp³-hybridized carbons (Fsp3) is 0.211. The molecule has 0 saturated carbocycles. The zero-order valence-electron chi connectivity index (χ0n) is 16.0. The lowest BCUT2D eigenvalue weighted by molar-refractivity contribution is 0.0730. The van der Waals surface area contributed by atoms with Crippen LogP contribution in [0.2, 0.25) is 10.0 Å². The number of amides is 1. The summed E-state index contributed by atoms with van der Waals surface area (Å²) in [5.74, 6) is -0.590. The molecule has 0 spiro atoms. The number of morpholine rings is 1. The number of hydrogen-bond donors (Lipinski definition) is 1. The highest BCUT2D eigenvalue weighted by Crippen LogP contribution is 2.29. The minimum atomic E-state index is -3.79. The number of para-hydroxylation sites is 1. The molecule has 0 aliphatic carbocycles. The highest BCUT2D eigenvalue weighted by Gasteiger charge is 2.28. The van der Waals surface area contributed by atoms with Crippen LogP contribution in [-0.2, 0) is 14.8 Å². The molecule has 2 heterocycles. The molecule has 0 unspecified atom stereocenters. The van der Waals surface area contributed by atoms with Gasteiger partial charge in [-0.2, -0.15) is 9.40 Å². The van der Waals surface area contributed by atoms with E-state index < -0.39 is 15.9 Å². The van der Waals surface area contributed by atoms with E-state index in [2.05, 4.69) is 15.4 Å². The van der Waals surface area contributed by atoms with Crippen molar-refractivity contribution >= 4 is 44.8 Å². The topological polar surface area (TPSA) is 106 Å². The van der Waals surface area contributed by atoms with Crippen LogP contribution >= 0.6 is 23.2 Å². The van der Waals surface area contributed by atoms with Crippen LogP contribution in [0, 0.1) is 0 Å². The highest BCUT2D eigenvalue weighted by molar-refractivity contribution is 7.89. The molecule has 2 aromatic carbocycles. The number of ether oxygens (including phenoxy) is 1. The van der Waals surface area contributed by atoms with Crippen LogP contribution < -0.4 is 5.32 Å². The van der Waals surface area contributed by atoms with Gasteiger partial charge in [-0.05, 0) is 30.3 Å². The van der Waals surface area contributed by atoms with Crippen LogP contribution in [0.15, 0.2) is 53.9 Å². The molecular formula is C19H17Cl2N5O4S. The number of hydrogen-bond acceptors (Lipinski definition) is 6. The molecule has 162 valence electrons. The summed E-state index contributed by atoms with van der Waals surface area (Å²) in [6.45, 7) is 1.13. The van der Waals surface area contributed by atoms with E-state index >= 15 is 0 Å². The second kappa shape index (κ2) is 8.93. The fourth-order valence-corrected chi connectivity index (χ4v) is 5.04. The predicted octanol–water partition coefficient (Wildman–Crippen LogP) is 2.85. The highest BCUT2D eigenvalue weighted by atomic mass is 35.5. The fourth-order valence-electron chi connectivity index (χ4n) is 3.14. The third-order valence-electron chi connectivity index (χ3n) is 4.67. The first-order valence-electron chi connectivity index (χ1n) is 9.20. The lowest BCUT2D eigenvalue weighted by Crippen LogP contribution is -2.40. The molecule has 0 bridgehead atoms. The minimum Gasteiger partial charge on any atom is -0.379 e. The lowest BCUT2D eigenvalue weighted by atomic mass is 10.2. The van der Waals surface area contributed by atoms with Crippen molar-refractivity contribution in [2.24, 2.45) is 0 Å². The Kier molecular flexibility index (Phi) is 6.26. The first-order chi connectivity index (χ1) is 14.9. The van der Waals surface area contributed by atoms with E-state index in [1.165, 1.54) is 39.8 Å². The zero-order chi connectivity index (χ0) is 22.0. The standard InChI is InChI=1S/C19H17Cl2N5O4S/c20-15-5-4-13(31(28,29)25-6-8-30-9-7-25)10-14(15)19(27)24-17-3-1-2-16(21)18(17)26-12-22-11-23-26/h1-5,10-12H,6-9H2,(H,24,27). The predicted molar refractivity (Wildman–Crippen MR) is 115 cm³/mol. The summed E-state index contributed by atoms with van der Waals surface area (Å²) >= 11 is 12.5. The van der Waals surface area contributed by atoms with Crippen LogP contribution in [-0.4, -0.2) is 59.7 Å². The second-order valence-electron chi connectivity index (χ2n) is 6.59. The maximum absolute atomic E-state index is 13.0. The molecule has 4 rings (SSSR count). The molecular weight excluding hydrogens is 465 g/mol. The number of benzene rings is 2. The van der Waals surface area contributed by atoms with E-state index in [1.807, 2.05) is 0 Å². The Morgan fingerprint density at radius 1 is 1.10 bits per heavy atom. The number of halogens is 2. The SMILES string of the molecule is O=C(Nc1cccc(Cl)c1-n1cncn1)c1cc(S(=O)(=O)N2CCOCC2)ccc1Cl. The Morgan fingerprint density at radius 3 is 2.58 bits per heavy atom. The van der Waals surface area contributed by atoms with E-state index in [9.17, 15) is 13.2 Å². The molecule has 3 aromatic rings. The van der Waals surface area contributed by atoms with Gasteiger partial charge in [0.05, 0.1) is 39.4 Å². The van der Waals surface area contributed by atoms with Crippen molar-refractivity contribution in [1.29, 1.82) is 0 Å². The lowest BCUT2D eigenvalue weighted by Gasteiger charge is -2.26. The Morgan fingerprint density at radius 2 is 1.87 bits per heavy atom. The molecule has 1 saturated heterocycles. The number of carbonyl (C=O) groups is 1. The summed E-state index contributed by atoms with van der Waals surface area (Å²) in [7, 11) is -3.79. The van der Waals surface area contributed by atoms with Gasteiger partial charge in [0, 0.05) is 13.1 Å². The van der Waals surface area contributed by atoms with E-state index in [-0.39, 0.29) is 28.6 Å². The third-order valence-corrected chi connectivity index (χ3v) is 7.20. The molecule has 12 heteroatoms. The van der Waals surface area contributed by atoms with Crippen molar-refractivity contribution in [3.63, 3.8) is 0 Å². The summed E-state index contributed by atoms with van der Waals surface area (Å²) in [6.07, 6.45) is 2.78. The Balaban J connectivity index is 1.66. The maximum atomic E-state index is 13.0. The van der Waals surface area contributed by atoms with Gasteiger partial charge in [0.15, 0.2) is 0 Å². The van der Waals surface area contributed by atoms with Crippen molar-refractivity contribution in [3.8, 4) is 5.69 Å². The first-order valence-corrected chi connectivity index (χ1v) is 11.4. The normalized spacial score (nSPS) is 15.0. The number of anilines is 1. The van der Waals surface area contributed by atoms with Crippen molar-refractivity contribution < 1.29 is 17.9 Å². The van der Waals surface area contributed by atoms with Crippen LogP contribution in [0.3, 0.4) is 0 Å². The van der Waals surface area contributed by atoms with Gasteiger partial charge in [-0.15, -0.1) is 0 Å². The summed E-state index contributed by atoms with van der Waals surface area (Å²) in [6, 6.07) is 8.99. The van der Waals surface area contributed by atoms with Crippen molar-refractivity contribution in [2.75, 3.05) is 31.6 Å². The number of rotatable bonds is 5. The average Bonchev–Trinajstić information content (AvgIpc) is 3.29. The molecule has 1 aliphatic rings. The molecule has 9 nitrogen and oxygen atoms in total.